The second-order valence-corrected chi connectivity index (χ2v) is 9.50. The summed E-state index contributed by atoms with van der Waals surface area (Å²) < 4.78 is 0. The molecule has 32 heavy (non-hydrogen) atoms. The number of hydrogen-bond donors (Lipinski definition) is 2. The highest BCUT2D eigenvalue weighted by Crippen LogP contribution is 2.39. The van der Waals surface area contributed by atoms with Gasteiger partial charge in [0.1, 0.15) is 0 Å². The van der Waals surface area contributed by atoms with E-state index >= 15 is 0 Å². The average Bonchev–Trinajstić information content (AvgIpc) is 3.24. The SMILES string of the molecule is CCNC(=NCC1(C(=O)N(C)C)CCCC1)NC1CCN(Cc2ccccc2C)CC1.I. The minimum Gasteiger partial charge on any atom is -0.357 e. The lowest BCUT2D eigenvalue weighted by Crippen LogP contribution is -2.49. The van der Waals surface area contributed by atoms with Crippen molar-refractivity contribution in [1.29, 1.82) is 0 Å². The third-order valence-electron chi connectivity index (χ3n) is 6.89. The minimum absolute atomic E-state index is 0. The number of guanidine groups is 1. The summed E-state index contributed by atoms with van der Waals surface area (Å²) in [4.78, 5) is 22.0. The Hall–Kier alpha value is -1.35. The lowest BCUT2D eigenvalue weighted by Gasteiger charge is -2.34. The number of likely N-dealkylation sites (tertiary alicyclic amines) is 1. The number of carbonyl (C=O) groups is 1. The van der Waals surface area contributed by atoms with Crippen LogP contribution in [0.5, 0.6) is 0 Å². The Bertz CT molecular complexity index is 752. The zero-order chi connectivity index (χ0) is 22.3. The fourth-order valence-electron chi connectivity index (χ4n) is 4.97. The van der Waals surface area contributed by atoms with Gasteiger partial charge in [-0.1, -0.05) is 37.1 Å². The van der Waals surface area contributed by atoms with Gasteiger partial charge in [0.15, 0.2) is 5.96 Å². The third kappa shape index (κ3) is 7.07. The fourth-order valence-corrected chi connectivity index (χ4v) is 4.97. The van der Waals surface area contributed by atoms with Crippen LogP contribution in [0.2, 0.25) is 0 Å². The zero-order valence-electron chi connectivity index (χ0n) is 20.3. The summed E-state index contributed by atoms with van der Waals surface area (Å²) in [6, 6.07) is 9.10. The molecular weight excluding hydrogens is 513 g/mol. The maximum atomic E-state index is 12.8. The standard InChI is InChI=1S/C25H41N5O.HI/c1-5-26-24(27-19-25(14-8-9-15-25)23(31)29(3)4)28-22-12-16-30(17-13-22)18-21-11-7-6-10-20(21)2;/h6-7,10-11,22H,5,8-9,12-19H2,1-4H3,(H2,26,27,28);1H. The van der Waals surface area contributed by atoms with Crippen molar-refractivity contribution in [3.63, 3.8) is 0 Å². The molecule has 1 aliphatic heterocycles. The predicted molar refractivity (Wildman–Crippen MR) is 144 cm³/mol. The first-order chi connectivity index (χ1) is 14.9. The lowest BCUT2D eigenvalue weighted by molar-refractivity contribution is -0.138. The highest BCUT2D eigenvalue weighted by atomic mass is 127. The maximum Gasteiger partial charge on any atom is 0.230 e. The summed E-state index contributed by atoms with van der Waals surface area (Å²) in [5.74, 6) is 1.09. The van der Waals surface area contributed by atoms with Gasteiger partial charge >= 0.3 is 0 Å². The molecule has 1 aliphatic carbocycles. The number of amides is 1. The molecule has 2 aliphatic rings. The van der Waals surface area contributed by atoms with Crippen molar-refractivity contribution in [3.8, 4) is 0 Å². The van der Waals surface area contributed by atoms with Gasteiger partial charge in [-0.2, -0.15) is 0 Å². The van der Waals surface area contributed by atoms with Gasteiger partial charge in [0.25, 0.3) is 0 Å². The van der Waals surface area contributed by atoms with E-state index in [2.05, 4.69) is 53.6 Å². The summed E-state index contributed by atoms with van der Waals surface area (Å²) in [6.07, 6.45) is 6.36. The first-order valence-electron chi connectivity index (χ1n) is 12.0. The van der Waals surface area contributed by atoms with E-state index in [9.17, 15) is 4.79 Å². The van der Waals surface area contributed by atoms with E-state index in [1.807, 2.05) is 14.1 Å². The molecule has 2 fully saturated rings. The van der Waals surface area contributed by atoms with E-state index in [-0.39, 0.29) is 35.3 Å². The van der Waals surface area contributed by atoms with Crippen molar-refractivity contribution in [2.24, 2.45) is 10.4 Å². The summed E-state index contributed by atoms with van der Waals surface area (Å²) >= 11 is 0. The second-order valence-electron chi connectivity index (χ2n) is 9.50. The van der Waals surface area contributed by atoms with E-state index in [0.717, 1.165) is 70.7 Å². The van der Waals surface area contributed by atoms with E-state index in [1.54, 1.807) is 4.90 Å². The van der Waals surface area contributed by atoms with Crippen LogP contribution in [0.1, 0.15) is 56.6 Å². The van der Waals surface area contributed by atoms with Crippen molar-refractivity contribution >= 4 is 35.8 Å². The molecule has 1 saturated carbocycles. The molecule has 3 rings (SSSR count). The maximum absolute atomic E-state index is 12.8. The monoisotopic (exact) mass is 555 g/mol. The van der Waals surface area contributed by atoms with E-state index in [1.165, 1.54) is 11.1 Å². The molecule has 1 heterocycles. The molecule has 1 aromatic rings. The van der Waals surface area contributed by atoms with Crippen LogP contribution in [0.4, 0.5) is 0 Å². The molecule has 0 atom stereocenters. The molecule has 1 amide bonds. The van der Waals surface area contributed by atoms with Crippen LogP contribution in [0, 0.1) is 12.3 Å². The van der Waals surface area contributed by atoms with Gasteiger partial charge in [-0.05, 0) is 50.7 Å². The molecule has 2 N–H and O–H groups in total. The topological polar surface area (TPSA) is 60.0 Å². The van der Waals surface area contributed by atoms with Gasteiger partial charge in [-0.25, -0.2) is 0 Å². The molecule has 0 bridgehead atoms. The van der Waals surface area contributed by atoms with Crippen LogP contribution in [0.25, 0.3) is 0 Å². The van der Waals surface area contributed by atoms with E-state index in [4.69, 9.17) is 4.99 Å². The van der Waals surface area contributed by atoms with Crippen molar-refractivity contribution < 1.29 is 4.79 Å². The Morgan fingerprint density at radius 1 is 1.19 bits per heavy atom. The van der Waals surface area contributed by atoms with Crippen molar-refractivity contribution in [3.05, 3.63) is 35.4 Å². The number of carbonyl (C=O) groups excluding carboxylic acids is 1. The van der Waals surface area contributed by atoms with Crippen molar-refractivity contribution in [2.45, 2.75) is 65.0 Å². The summed E-state index contributed by atoms with van der Waals surface area (Å²) in [6.45, 7) is 8.91. The Morgan fingerprint density at radius 2 is 1.84 bits per heavy atom. The van der Waals surface area contributed by atoms with Gasteiger partial charge in [0.2, 0.25) is 5.91 Å². The largest absolute Gasteiger partial charge is 0.357 e. The summed E-state index contributed by atoms with van der Waals surface area (Å²) in [5, 5.41) is 7.05. The number of nitrogens with one attached hydrogen (secondary N) is 2. The number of hydrogen-bond acceptors (Lipinski definition) is 3. The highest BCUT2D eigenvalue weighted by molar-refractivity contribution is 14.0. The normalized spacial score (nSPS) is 19.3. The molecule has 7 heteroatoms. The first-order valence-corrected chi connectivity index (χ1v) is 12.0. The number of nitrogens with zero attached hydrogens (tertiary/aromatic N) is 3. The summed E-state index contributed by atoms with van der Waals surface area (Å²) in [5.41, 5.74) is 2.48. The van der Waals surface area contributed by atoms with Gasteiger partial charge in [0.05, 0.1) is 12.0 Å². The highest BCUT2D eigenvalue weighted by Gasteiger charge is 2.42. The van der Waals surface area contributed by atoms with Crippen LogP contribution < -0.4 is 10.6 Å². The molecular formula is C25H42IN5O. The van der Waals surface area contributed by atoms with Gasteiger partial charge < -0.3 is 15.5 Å². The Kier molecular flexibility index (Phi) is 10.7. The summed E-state index contributed by atoms with van der Waals surface area (Å²) in [7, 11) is 3.72. The number of piperidine rings is 1. The minimum atomic E-state index is -0.317. The predicted octanol–water partition coefficient (Wildman–Crippen LogP) is 3.78. The second kappa shape index (κ2) is 12.8. The van der Waals surface area contributed by atoms with Crippen LogP contribution >= 0.6 is 24.0 Å². The van der Waals surface area contributed by atoms with E-state index in [0.29, 0.717) is 12.6 Å². The van der Waals surface area contributed by atoms with Crippen molar-refractivity contribution in [1.82, 2.24) is 20.4 Å². The quantitative estimate of drug-likeness (QED) is 0.306. The van der Waals surface area contributed by atoms with Crippen LogP contribution in [-0.2, 0) is 11.3 Å². The molecule has 1 saturated heterocycles. The molecule has 1 aromatic carbocycles. The average molecular weight is 556 g/mol. The molecule has 0 spiro atoms. The number of aryl methyl sites for hydroxylation is 1. The number of aliphatic imine (C=N–C) groups is 1. The van der Waals surface area contributed by atoms with E-state index < -0.39 is 0 Å². The van der Waals surface area contributed by atoms with Crippen molar-refractivity contribution in [2.75, 3.05) is 40.3 Å². The molecule has 180 valence electrons. The van der Waals surface area contributed by atoms with Gasteiger partial charge in [-0.15, -0.1) is 24.0 Å². The molecule has 6 nitrogen and oxygen atoms in total. The molecule has 0 unspecified atom stereocenters. The van der Waals surface area contributed by atoms with Crippen LogP contribution in [0.3, 0.4) is 0 Å². The zero-order valence-corrected chi connectivity index (χ0v) is 22.7. The lowest BCUT2D eigenvalue weighted by atomic mass is 9.85. The number of benzene rings is 1. The Labute approximate surface area is 211 Å². The number of rotatable bonds is 7. The first kappa shape index (κ1) is 26.9. The van der Waals surface area contributed by atoms with Gasteiger partial charge in [0, 0.05) is 46.3 Å². The number of halogens is 1. The molecule has 0 aromatic heterocycles. The fraction of sp³-hybridized carbons (Fsp3) is 0.680. The third-order valence-corrected chi connectivity index (χ3v) is 6.89. The Balaban J connectivity index is 0.00000363. The van der Waals surface area contributed by atoms with Crippen LogP contribution in [-0.4, -0.2) is 68.0 Å². The smallest absolute Gasteiger partial charge is 0.230 e. The van der Waals surface area contributed by atoms with Crippen LogP contribution in [0.15, 0.2) is 29.3 Å². The molecule has 0 radical (unpaired) electrons. The Morgan fingerprint density at radius 3 is 2.44 bits per heavy atom. The van der Waals surface area contributed by atoms with Gasteiger partial charge in [-0.3, -0.25) is 14.7 Å².